The number of fused-ring (bicyclic) bond motifs is 1. The minimum atomic E-state index is -0.170. The van der Waals surface area contributed by atoms with E-state index in [-0.39, 0.29) is 17.5 Å². The first-order valence-electron chi connectivity index (χ1n) is 10.1. The van der Waals surface area contributed by atoms with Gasteiger partial charge in [0.15, 0.2) is 11.6 Å². The Hall–Kier alpha value is -3.66. The molecule has 0 aliphatic heterocycles. The van der Waals surface area contributed by atoms with Crippen LogP contribution in [0.1, 0.15) is 61.5 Å². The molecule has 4 aromatic rings. The van der Waals surface area contributed by atoms with E-state index in [4.69, 9.17) is 8.83 Å². The first-order valence-corrected chi connectivity index (χ1v) is 10.1. The molecule has 0 fully saturated rings. The van der Waals surface area contributed by atoms with Crippen LogP contribution in [-0.2, 0) is 12.8 Å². The van der Waals surface area contributed by atoms with Crippen molar-refractivity contribution in [2.45, 2.75) is 25.2 Å². The van der Waals surface area contributed by atoms with Gasteiger partial charge in [0.2, 0.25) is 0 Å². The van der Waals surface area contributed by atoms with Crippen molar-refractivity contribution in [3.05, 3.63) is 119 Å². The topological polar surface area (TPSA) is 60.4 Å². The van der Waals surface area contributed by atoms with Gasteiger partial charge in [-0.3, -0.25) is 9.59 Å². The molecule has 30 heavy (non-hydrogen) atoms. The molecule has 0 spiro atoms. The van der Waals surface area contributed by atoms with E-state index in [1.54, 1.807) is 18.4 Å². The molecule has 1 atom stereocenters. The van der Waals surface area contributed by atoms with Crippen molar-refractivity contribution in [1.82, 2.24) is 0 Å². The van der Waals surface area contributed by atoms with Crippen molar-refractivity contribution in [1.29, 1.82) is 0 Å². The Balaban J connectivity index is 1.61. The summed E-state index contributed by atoms with van der Waals surface area (Å²) < 4.78 is 11.7. The number of benzene rings is 2. The molecule has 0 N–H and O–H groups in total. The third-order valence-corrected chi connectivity index (χ3v) is 5.61. The fourth-order valence-corrected chi connectivity index (χ4v) is 4.19. The van der Waals surface area contributed by atoms with Crippen LogP contribution in [0.5, 0.6) is 0 Å². The second kappa shape index (κ2) is 7.64. The number of furan rings is 2. The fraction of sp³-hybridized carbons (Fsp3) is 0.154. The van der Waals surface area contributed by atoms with Gasteiger partial charge in [0, 0.05) is 30.7 Å². The van der Waals surface area contributed by atoms with E-state index in [0.717, 1.165) is 11.3 Å². The molecule has 4 nitrogen and oxygen atoms in total. The zero-order valence-electron chi connectivity index (χ0n) is 16.3. The molecule has 2 aromatic carbocycles. The van der Waals surface area contributed by atoms with Crippen molar-refractivity contribution in [2.24, 2.45) is 0 Å². The van der Waals surface area contributed by atoms with Gasteiger partial charge in [-0.25, -0.2) is 0 Å². The molecule has 1 aliphatic carbocycles. The highest BCUT2D eigenvalue weighted by atomic mass is 16.3. The number of rotatable bonds is 5. The molecule has 1 unspecified atom stereocenters. The van der Waals surface area contributed by atoms with E-state index in [2.05, 4.69) is 0 Å². The van der Waals surface area contributed by atoms with Crippen molar-refractivity contribution in [3.63, 3.8) is 0 Å². The van der Waals surface area contributed by atoms with E-state index in [1.807, 2.05) is 60.7 Å². The Morgan fingerprint density at radius 2 is 1.63 bits per heavy atom. The molecule has 0 saturated carbocycles. The highest BCUT2D eigenvalue weighted by molar-refractivity contribution is 6.17. The minimum absolute atomic E-state index is 0.0695. The highest BCUT2D eigenvalue weighted by Crippen LogP contribution is 2.38. The average molecular weight is 396 g/mol. The predicted octanol–water partition coefficient (Wildman–Crippen LogP) is 5.61. The molecular formula is C26H20O4. The van der Waals surface area contributed by atoms with Crippen molar-refractivity contribution in [2.75, 3.05) is 0 Å². The van der Waals surface area contributed by atoms with Crippen LogP contribution in [0.25, 0.3) is 0 Å². The van der Waals surface area contributed by atoms with E-state index in [0.29, 0.717) is 47.5 Å². The molecule has 0 amide bonds. The van der Waals surface area contributed by atoms with Crippen LogP contribution in [-0.4, -0.2) is 11.6 Å². The zero-order chi connectivity index (χ0) is 20.5. The van der Waals surface area contributed by atoms with E-state index < -0.39 is 0 Å². The standard InChI is InChI=1S/C26H20O4/c27-20-15-19(21-12-7-13-29-21)16-23-24(20)25(26(28)18-10-5-2-6-11-18)22(30-23)14-17-8-3-1-4-9-17/h1-13,19H,14-16H2. The number of carbonyl (C=O) groups excluding carboxylic acids is 2. The first kappa shape index (κ1) is 18.4. The molecule has 2 aromatic heterocycles. The Labute approximate surface area is 174 Å². The third-order valence-electron chi connectivity index (χ3n) is 5.61. The quantitative estimate of drug-likeness (QED) is 0.412. The van der Waals surface area contributed by atoms with Crippen molar-refractivity contribution >= 4 is 11.6 Å². The van der Waals surface area contributed by atoms with Crippen molar-refractivity contribution in [3.8, 4) is 0 Å². The minimum Gasteiger partial charge on any atom is -0.469 e. The zero-order valence-corrected chi connectivity index (χ0v) is 16.3. The summed E-state index contributed by atoms with van der Waals surface area (Å²) in [5, 5.41) is 0. The number of hydrogen-bond acceptors (Lipinski definition) is 4. The Morgan fingerprint density at radius 1 is 0.900 bits per heavy atom. The maximum atomic E-state index is 13.4. The molecule has 1 aliphatic rings. The SMILES string of the molecule is O=C1CC(c2ccco2)Cc2oc(Cc3ccccc3)c(C(=O)c3ccccc3)c21. The van der Waals surface area contributed by atoms with Gasteiger partial charge in [-0.2, -0.15) is 0 Å². The van der Waals surface area contributed by atoms with E-state index >= 15 is 0 Å². The van der Waals surface area contributed by atoms with Crippen LogP contribution < -0.4 is 0 Å². The molecule has 4 heteroatoms. The fourth-order valence-electron chi connectivity index (χ4n) is 4.19. The van der Waals surface area contributed by atoms with Crippen LogP contribution >= 0.6 is 0 Å². The molecule has 148 valence electrons. The summed E-state index contributed by atoms with van der Waals surface area (Å²) in [6.45, 7) is 0. The largest absolute Gasteiger partial charge is 0.469 e. The predicted molar refractivity (Wildman–Crippen MR) is 112 cm³/mol. The summed E-state index contributed by atoms with van der Waals surface area (Å²) in [5.41, 5.74) is 2.43. The second-order valence-electron chi connectivity index (χ2n) is 7.60. The van der Waals surface area contributed by atoms with Crippen LogP contribution in [0.2, 0.25) is 0 Å². The number of Topliss-reactive ketones (excluding diaryl/α,β-unsaturated/α-hetero) is 1. The number of hydrogen-bond donors (Lipinski definition) is 0. The van der Waals surface area contributed by atoms with Crippen molar-refractivity contribution < 1.29 is 18.4 Å². The second-order valence-corrected chi connectivity index (χ2v) is 7.60. The maximum absolute atomic E-state index is 13.4. The van der Waals surface area contributed by atoms with Crippen LogP contribution in [0.15, 0.2) is 87.9 Å². The first-order chi connectivity index (χ1) is 14.7. The van der Waals surface area contributed by atoms with Gasteiger partial charge in [0.1, 0.15) is 17.3 Å². The summed E-state index contributed by atoms with van der Waals surface area (Å²) >= 11 is 0. The van der Waals surface area contributed by atoms with Gasteiger partial charge in [0.25, 0.3) is 0 Å². The monoisotopic (exact) mass is 396 g/mol. The number of ketones is 2. The van der Waals surface area contributed by atoms with Crippen LogP contribution in [0.4, 0.5) is 0 Å². The Morgan fingerprint density at radius 3 is 2.33 bits per heavy atom. The lowest BCUT2D eigenvalue weighted by atomic mass is 9.82. The van der Waals surface area contributed by atoms with E-state index in [9.17, 15) is 9.59 Å². The Bertz CT molecular complexity index is 1180. The van der Waals surface area contributed by atoms with E-state index in [1.165, 1.54) is 0 Å². The summed E-state index contributed by atoms with van der Waals surface area (Å²) in [6.07, 6.45) is 2.92. The lowest BCUT2D eigenvalue weighted by Crippen LogP contribution is -2.20. The summed E-state index contributed by atoms with van der Waals surface area (Å²) in [5.74, 6) is 1.59. The summed E-state index contributed by atoms with van der Waals surface area (Å²) in [4.78, 5) is 26.6. The summed E-state index contributed by atoms with van der Waals surface area (Å²) in [6, 6.07) is 22.6. The summed E-state index contributed by atoms with van der Waals surface area (Å²) in [7, 11) is 0. The molecule has 0 saturated heterocycles. The third kappa shape index (κ3) is 3.30. The van der Waals surface area contributed by atoms with Gasteiger partial charge in [-0.1, -0.05) is 60.7 Å². The van der Waals surface area contributed by atoms with Gasteiger partial charge in [-0.05, 0) is 17.7 Å². The average Bonchev–Trinajstić information content (AvgIpc) is 3.43. The smallest absolute Gasteiger partial charge is 0.197 e. The van der Waals surface area contributed by atoms with Gasteiger partial charge in [0.05, 0.1) is 17.4 Å². The lowest BCUT2D eigenvalue weighted by Gasteiger charge is -2.18. The van der Waals surface area contributed by atoms with Gasteiger partial charge < -0.3 is 8.83 Å². The van der Waals surface area contributed by atoms with Crippen LogP contribution in [0, 0.1) is 0 Å². The number of carbonyl (C=O) groups is 2. The molecular weight excluding hydrogens is 376 g/mol. The van der Waals surface area contributed by atoms with Crippen LogP contribution in [0.3, 0.4) is 0 Å². The normalized spacial score (nSPS) is 15.7. The molecule has 2 heterocycles. The van der Waals surface area contributed by atoms with Gasteiger partial charge in [-0.15, -0.1) is 0 Å². The molecule has 0 radical (unpaired) electrons. The Kier molecular flexibility index (Phi) is 4.68. The highest BCUT2D eigenvalue weighted by Gasteiger charge is 2.37. The van der Waals surface area contributed by atoms with Gasteiger partial charge >= 0.3 is 0 Å². The molecule has 5 rings (SSSR count). The molecule has 0 bridgehead atoms. The maximum Gasteiger partial charge on any atom is 0.197 e. The lowest BCUT2D eigenvalue weighted by molar-refractivity contribution is 0.0945.